The number of carbonyl (C=O) groups is 1. The predicted octanol–water partition coefficient (Wildman–Crippen LogP) is -0.377. The highest BCUT2D eigenvalue weighted by atomic mass is 16.3. The number of amides is 1. The Bertz CT molecular complexity index is 484. The van der Waals surface area contributed by atoms with E-state index in [0.717, 1.165) is 32.5 Å². The first-order chi connectivity index (χ1) is 10.6. The molecule has 2 aliphatic heterocycles. The van der Waals surface area contributed by atoms with Crippen molar-refractivity contribution in [2.75, 3.05) is 46.3 Å². The van der Waals surface area contributed by atoms with E-state index in [9.17, 15) is 9.90 Å². The first kappa shape index (κ1) is 15.5. The Morgan fingerprint density at radius 1 is 1.27 bits per heavy atom. The predicted molar refractivity (Wildman–Crippen MR) is 82.6 cm³/mol. The number of hydrogen-bond donors (Lipinski definition) is 2. The van der Waals surface area contributed by atoms with Gasteiger partial charge in [0.2, 0.25) is 0 Å². The number of carbonyl (C=O) groups excluding carboxylic acids is 1. The number of aromatic nitrogens is 2. The molecule has 1 atom stereocenters. The van der Waals surface area contributed by atoms with Crippen molar-refractivity contribution in [3.8, 4) is 0 Å². The summed E-state index contributed by atoms with van der Waals surface area (Å²) in [6.07, 6.45) is 4.93. The van der Waals surface area contributed by atoms with Crippen LogP contribution >= 0.6 is 0 Å². The summed E-state index contributed by atoms with van der Waals surface area (Å²) in [5, 5.41) is 16.8. The molecule has 122 valence electrons. The van der Waals surface area contributed by atoms with Crippen molar-refractivity contribution in [1.82, 2.24) is 24.9 Å². The molecule has 22 heavy (non-hydrogen) atoms. The van der Waals surface area contributed by atoms with Crippen molar-refractivity contribution in [2.45, 2.75) is 25.0 Å². The highest BCUT2D eigenvalue weighted by Crippen LogP contribution is 2.18. The largest absolute Gasteiger partial charge is 0.390 e. The van der Waals surface area contributed by atoms with Crippen LogP contribution in [-0.2, 0) is 0 Å². The normalized spacial score (nSPS) is 26.1. The van der Waals surface area contributed by atoms with Gasteiger partial charge in [0.05, 0.1) is 17.9 Å². The van der Waals surface area contributed by atoms with Crippen molar-refractivity contribution in [2.24, 2.45) is 0 Å². The average molecular weight is 307 g/mol. The van der Waals surface area contributed by atoms with E-state index in [2.05, 4.69) is 27.0 Å². The second kappa shape index (κ2) is 6.76. The Morgan fingerprint density at radius 2 is 2.05 bits per heavy atom. The summed E-state index contributed by atoms with van der Waals surface area (Å²) >= 11 is 0. The molecule has 1 unspecified atom stereocenters. The van der Waals surface area contributed by atoms with Crippen LogP contribution in [0.5, 0.6) is 0 Å². The third-order valence-corrected chi connectivity index (χ3v) is 4.77. The maximum atomic E-state index is 12.4. The van der Waals surface area contributed by atoms with E-state index in [1.54, 1.807) is 11.1 Å². The Labute approximate surface area is 130 Å². The molecule has 3 heterocycles. The molecule has 1 aromatic rings. The van der Waals surface area contributed by atoms with Crippen LogP contribution in [0, 0.1) is 0 Å². The fraction of sp³-hybridized carbons (Fsp3) is 0.733. The van der Waals surface area contributed by atoms with E-state index >= 15 is 0 Å². The van der Waals surface area contributed by atoms with Crippen LogP contribution in [0.2, 0.25) is 0 Å². The molecule has 0 bridgehead atoms. The minimum atomic E-state index is -0.488. The van der Waals surface area contributed by atoms with Crippen molar-refractivity contribution in [3.63, 3.8) is 0 Å². The van der Waals surface area contributed by atoms with E-state index in [-0.39, 0.29) is 5.91 Å². The number of aliphatic hydroxyl groups excluding tert-OH is 1. The monoisotopic (exact) mass is 307 g/mol. The van der Waals surface area contributed by atoms with Gasteiger partial charge in [-0.2, -0.15) is 5.10 Å². The lowest BCUT2D eigenvalue weighted by molar-refractivity contribution is 0.0627. The van der Waals surface area contributed by atoms with Crippen LogP contribution in [-0.4, -0.2) is 94.4 Å². The maximum absolute atomic E-state index is 12.4. The SMILES string of the molecule is CN1CCC(N2CCN(C(=O)c3cn[nH]c3)CC(O)C2)CC1. The van der Waals surface area contributed by atoms with Crippen molar-refractivity contribution in [1.29, 1.82) is 0 Å². The minimum Gasteiger partial charge on any atom is -0.390 e. The maximum Gasteiger partial charge on any atom is 0.257 e. The second-order valence-corrected chi connectivity index (χ2v) is 6.42. The Balaban J connectivity index is 1.61. The lowest BCUT2D eigenvalue weighted by atomic mass is 10.0. The molecule has 0 saturated carbocycles. The second-order valence-electron chi connectivity index (χ2n) is 6.42. The van der Waals surface area contributed by atoms with Crippen molar-refractivity contribution < 1.29 is 9.90 Å². The van der Waals surface area contributed by atoms with Gasteiger partial charge in [0.25, 0.3) is 5.91 Å². The molecule has 1 amide bonds. The molecule has 0 radical (unpaired) electrons. The fourth-order valence-corrected chi connectivity index (χ4v) is 3.44. The molecule has 0 aliphatic carbocycles. The molecular weight excluding hydrogens is 282 g/mol. The summed E-state index contributed by atoms with van der Waals surface area (Å²) in [4.78, 5) is 18.9. The van der Waals surface area contributed by atoms with Gasteiger partial charge in [-0.25, -0.2) is 0 Å². The van der Waals surface area contributed by atoms with Gasteiger partial charge in [0.1, 0.15) is 0 Å². The van der Waals surface area contributed by atoms with E-state index in [1.807, 2.05) is 0 Å². The molecule has 2 saturated heterocycles. The van der Waals surface area contributed by atoms with Crippen LogP contribution < -0.4 is 0 Å². The Morgan fingerprint density at radius 3 is 2.73 bits per heavy atom. The van der Waals surface area contributed by atoms with Gasteiger partial charge in [-0.15, -0.1) is 0 Å². The molecule has 2 fully saturated rings. The molecule has 3 rings (SSSR count). The fourth-order valence-electron chi connectivity index (χ4n) is 3.44. The molecule has 2 N–H and O–H groups in total. The lowest BCUT2D eigenvalue weighted by Gasteiger charge is -2.37. The third-order valence-electron chi connectivity index (χ3n) is 4.77. The highest BCUT2D eigenvalue weighted by molar-refractivity contribution is 5.93. The summed E-state index contributed by atoms with van der Waals surface area (Å²) in [6, 6.07) is 0.523. The molecule has 0 spiro atoms. The number of β-amino-alcohol motifs (C(OH)–C–C–N with tert-alkyl or cyclic N) is 1. The van der Waals surface area contributed by atoms with Crippen LogP contribution in [0.15, 0.2) is 12.4 Å². The standard InChI is InChI=1S/C15H25N5O2/c1-18-4-2-13(3-5-18)19-6-7-20(11-14(21)10-19)15(22)12-8-16-17-9-12/h8-9,13-14,21H,2-7,10-11H2,1H3,(H,16,17). The van der Waals surface area contributed by atoms with Gasteiger partial charge < -0.3 is 14.9 Å². The molecule has 0 aromatic carbocycles. The minimum absolute atomic E-state index is 0.0574. The van der Waals surface area contributed by atoms with E-state index in [0.29, 0.717) is 31.2 Å². The van der Waals surface area contributed by atoms with Gasteiger partial charge in [-0.05, 0) is 33.0 Å². The van der Waals surface area contributed by atoms with Crippen molar-refractivity contribution in [3.05, 3.63) is 18.0 Å². The first-order valence-corrected chi connectivity index (χ1v) is 8.02. The van der Waals surface area contributed by atoms with Gasteiger partial charge in [-0.1, -0.05) is 0 Å². The summed E-state index contributed by atoms with van der Waals surface area (Å²) in [5.74, 6) is -0.0574. The zero-order valence-corrected chi connectivity index (χ0v) is 13.1. The van der Waals surface area contributed by atoms with Crippen LogP contribution in [0.25, 0.3) is 0 Å². The zero-order chi connectivity index (χ0) is 15.5. The number of aliphatic hydroxyl groups is 1. The molecule has 1 aromatic heterocycles. The average Bonchev–Trinajstić information content (AvgIpc) is 2.97. The first-order valence-electron chi connectivity index (χ1n) is 8.02. The van der Waals surface area contributed by atoms with Crippen LogP contribution in [0.3, 0.4) is 0 Å². The van der Waals surface area contributed by atoms with Crippen LogP contribution in [0.4, 0.5) is 0 Å². The third kappa shape index (κ3) is 3.48. The van der Waals surface area contributed by atoms with E-state index in [1.165, 1.54) is 6.20 Å². The Hall–Kier alpha value is -1.44. The smallest absolute Gasteiger partial charge is 0.257 e. The quantitative estimate of drug-likeness (QED) is 0.779. The van der Waals surface area contributed by atoms with E-state index in [4.69, 9.17) is 0 Å². The summed E-state index contributed by atoms with van der Waals surface area (Å²) in [6.45, 7) is 4.75. The topological polar surface area (TPSA) is 75.7 Å². The van der Waals surface area contributed by atoms with Crippen LogP contribution in [0.1, 0.15) is 23.2 Å². The highest BCUT2D eigenvalue weighted by Gasteiger charge is 2.30. The molecule has 7 nitrogen and oxygen atoms in total. The van der Waals surface area contributed by atoms with Gasteiger partial charge >= 0.3 is 0 Å². The summed E-state index contributed by atoms with van der Waals surface area (Å²) in [5.41, 5.74) is 0.556. The number of piperidine rings is 1. The lowest BCUT2D eigenvalue weighted by Crippen LogP contribution is -2.46. The number of nitrogens with one attached hydrogen (secondary N) is 1. The van der Waals surface area contributed by atoms with Crippen molar-refractivity contribution >= 4 is 5.91 Å². The number of H-pyrrole nitrogens is 1. The Kier molecular flexibility index (Phi) is 4.75. The van der Waals surface area contributed by atoms with Gasteiger partial charge in [0, 0.05) is 38.4 Å². The summed E-state index contributed by atoms with van der Waals surface area (Å²) < 4.78 is 0. The number of aromatic amines is 1. The molecule has 2 aliphatic rings. The zero-order valence-electron chi connectivity index (χ0n) is 13.1. The number of hydrogen-bond acceptors (Lipinski definition) is 5. The number of nitrogens with zero attached hydrogens (tertiary/aromatic N) is 4. The number of rotatable bonds is 2. The number of likely N-dealkylation sites (tertiary alicyclic amines) is 1. The van der Waals surface area contributed by atoms with Gasteiger partial charge in [0.15, 0.2) is 0 Å². The molecular formula is C15H25N5O2. The van der Waals surface area contributed by atoms with E-state index < -0.39 is 6.10 Å². The summed E-state index contributed by atoms with van der Waals surface area (Å²) in [7, 11) is 2.15. The van der Waals surface area contributed by atoms with Gasteiger partial charge in [-0.3, -0.25) is 14.8 Å². The molecule has 7 heteroatoms.